The fraction of sp³-hybridized carbons (Fsp3) is 0.400. The van der Waals surface area contributed by atoms with Gasteiger partial charge in [0, 0.05) is 22.1 Å². The summed E-state index contributed by atoms with van der Waals surface area (Å²) < 4.78 is 10.2. The van der Waals surface area contributed by atoms with Gasteiger partial charge in [-0.05, 0) is 31.9 Å². The summed E-state index contributed by atoms with van der Waals surface area (Å²) in [5.74, 6) is -0.331. The topological polar surface area (TPSA) is 103 Å². The number of epoxide rings is 2. The summed E-state index contributed by atoms with van der Waals surface area (Å²) in [5, 5.41) is 28.7. The number of para-hydroxylation sites is 2. The maximum atomic E-state index is 10.8. The van der Waals surface area contributed by atoms with Gasteiger partial charge in [-0.15, -0.1) is 0 Å². The van der Waals surface area contributed by atoms with Gasteiger partial charge >= 0.3 is 5.97 Å². The van der Waals surface area contributed by atoms with E-state index in [0.29, 0.717) is 5.57 Å². The van der Waals surface area contributed by atoms with Crippen molar-refractivity contribution in [3.05, 3.63) is 70.8 Å². The normalized spacial score (nSPS) is 19.1. The van der Waals surface area contributed by atoms with Gasteiger partial charge in [-0.2, -0.15) is 0 Å². The second-order valence-corrected chi connectivity index (χ2v) is 8.51. The summed E-state index contributed by atoms with van der Waals surface area (Å²) in [6.45, 7) is 7.15. The number of carboxylic acid groups (broad SMARTS) is 1. The lowest BCUT2D eigenvalue weighted by atomic mass is 9.77. The Morgan fingerprint density at radius 1 is 0.903 bits per heavy atom. The fourth-order valence-electron chi connectivity index (χ4n) is 3.61. The molecule has 2 aliphatic heterocycles. The molecule has 2 aliphatic rings. The molecule has 0 aromatic heterocycles. The molecule has 6 nitrogen and oxygen atoms in total. The average molecular weight is 427 g/mol. The van der Waals surface area contributed by atoms with E-state index in [0.717, 1.165) is 42.8 Å². The van der Waals surface area contributed by atoms with E-state index in [9.17, 15) is 15.0 Å². The number of hydrogen-bond donors (Lipinski definition) is 3. The van der Waals surface area contributed by atoms with E-state index in [1.54, 1.807) is 31.2 Å². The molecule has 0 aliphatic carbocycles. The van der Waals surface area contributed by atoms with Crippen molar-refractivity contribution in [1.82, 2.24) is 0 Å². The van der Waals surface area contributed by atoms with Crippen LogP contribution in [-0.2, 0) is 19.7 Å². The highest BCUT2D eigenvalue weighted by Gasteiger charge is 2.30. The molecule has 2 unspecified atom stereocenters. The van der Waals surface area contributed by atoms with Crippen LogP contribution in [0.3, 0.4) is 0 Å². The third-order valence-corrected chi connectivity index (χ3v) is 5.76. The molecule has 0 spiro atoms. The summed E-state index contributed by atoms with van der Waals surface area (Å²) in [5.41, 5.74) is 2.61. The zero-order chi connectivity index (χ0) is 22.6. The van der Waals surface area contributed by atoms with Crippen molar-refractivity contribution in [2.45, 2.75) is 51.2 Å². The van der Waals surface area contributed by atoms with E-state index >= 15 is 0 Å². The second kappa shape index (κ2) is 9.54. The van der Waals surface area contributed by atoms with Crippen LogP contribution in [0.5, 0.6) is 11.5 Å². The monoisotopic (exact) mass is 426 g/mol. The van der Waals surface area contributed by atoms with E-state index < -0.39 is 11.4 Å². The molecule has 0 saturated carbocycles. The van der Waals surface area contributed by atoms with Crippen LogP contribution >= 0.6 is 0 Å². The first-order chi connectivity index (χ1) is 14.7. The average Bonchev–Trinajstić information content (AvgIpc) is 3.64. The first kappa shape index (κ1) is 22.8. The highest BCUT2D eigenvalue weighted by atomic mass is 16.6. The van der Waals surface area contributed by atoms with Crippen LogP contribution in [0.4, 0.5) is 0 Å². The Kier molecular flexibility index (Phi) is 7.03. The van der Waals surface area contributed by atoms with E-state index in [2.05, 4.69) is 0 Å². The van der Waals surface area contributed by atoms with E-state index in [1.165, 1.54) is 0 Å². The third-order valence-electron chi connectivity index (χ3n) is 5.76. The SMILES string of the molecule is CC(C(=O)O)=C(CC1CO1)CC1CO1.CC(C)(c1ccccc1O)c1ccccc1O. The predicted octanol–water partition coefficient (Wildman–Crippen LogP) is 4.39. The first-order valence-corrected chi connectivity index (χ1v) is 10.4. The van der Waals surface area contributed by atoms with Gasteiger partial charge in [0.1, 0.15) is 11.5 Å². The second-order valence-electron chi connectivity index (χ2n) is 8.51. The van der Waals surface area contributed by atoms with Gasteiger partial charge in [0.25, 0.3) is 0 Å². The van der Waals surface area contributed by atoms with E-state index in [1.807, 2.05) is 38.1 Å². The molecule has 3 N–H and O–H groups in total. The molecule has 0 amide bonds. The number of phenolic OH excluding ortho intramolecular Hbond substituents is 2. The van der Waals surface area contributed by atoms with Crippen molar-refractivity contribution < 1.29 is 29.6 Å². The fourth-order valence-corrected chi connectivity index (χ4v) is 3.61. The van der Waals surface area contributed by atoms with Crippen LogP contribution in [0.1, 0.15) is 44.7 Å². The number of phenols is 2. The van der Waals surface area contributed by atoms with Crippen molar-refractivity contribution in [3.63, 3.8) is 0 Å². The van der Waals surface area contributed by atoms with Crippen LogP contribution in [0.2, 0.25) is 0 Å². The van der Waals surface area contributed by atoms with Gasteiger partial charge < -0.3 is 24.8 Å². The van der Waals surface area contributed by atoms with Crippen molar-refractivity contribution in [1.29, 1.82) is 0 Å². The Hall–Kier alpha value is -2.83. The minimum absolute atomic E-state index is 0.248. The molecule has 0 radical (unpaired) electrons. The van der Waals surface area contributed by atoms with Gasteiger partial charge in [-0.3, -0.25) is 0 Å². The predicted molar refractivity (Wildman–Crippen MR) is 117 cm³/mol. The highest BCUT2D eigenvalue weighted by molar-refractivity contribution is 5.86. The van der Waals surface area contributed by atoms with Crippen LogP contribution in [0.25, 0.3) is 0 Å². The summed E-state index contributed by atoms with van der Waals surface area (Å²) >= 11 is 0. The van der Waals surface area contributed by atoms with Crippen molar-refractivity contribution in [2.75, 3.05) is 13.2 Å². The van der Waals surface area contributed by atoms with Gasteiger partial charge in [0.2, 0.25) is 0 Å². The Morgan fingerprint density at radius 2 is 1.29 bits per heavy atom. The van der Waals surface area contributed by atoms with Crippen LogP contribution < -0.4 is 0 Å². The Balaban J connectivity index is 0.000000179. The van der Waals surface area contributed by atoms with Gasteiger partial charge in [-0.25, -0.2) is 4.79 Å². The minimum Gasteiger partial charge on any atom is -0.508 e. The standard InChI is InChI=1S/C15H16O2.C10H14O4/c1-15(2,11-7-3-5-9-13(11)16)12-8-4-6-10-14(12)17;1-6(10(11)12)7(2-8-4-13-8)3-9-5-14-9/h3-10,16-17H,1-2H3;8-9H,2-5H2,1H3,(H,11,12). The Labute approximate surface area is 182 Å². The lowest BCUT2D eigenvalue weighted by Crippen LogP contribution is -2.19. The largest absolute Gasteiger partial charge is 0.508 e. The van der Waals surface area contributed by atoms with Crippen molar-refractivity contribution in [2.24, 2.45) is 0 Å². The number of benzene rings is 2. The highest BCUT2D eigenvalue weighted by Crippen LogP contribution is 2.40. The van der Waals surface area contributed by atoms with Crippen LogP contribution in [-0.4, -0.2) is 46.7 Å². The maximum absolute atomic E-state index is 10.8. The maximum Gasteiger partial charge on any atom is 0.331 e. The molecule has 6 heteroatoms. The summed E-state index contributed by atoms with van der Waals surface area (Å²) in [7, 11) is 0. The van der Waals surface area contributed by atoms with Gasteiger partial charge in [0.05, 0.1) is 25.4 Å². The number of carboxylic acids is 1. The molecular weight excluding hydrogens is 396 g/mol. The number of carbonyl (C=O) groups is 1. The summed E-state index contributed by atoms with van der Waals surface area (Å²) in [4.78, 5) is 10.8. The Morgan fingerprint density at radius 3 is 1.61 bits per heavy atom. The van der Waals surface area contributed by atoms with E-state index in [-0.39, 0.29) is 23.7 Å². The van der Waals surface area contributed by atoms with E-state index in [4.69, 9.17) is 14.6 Å². The number of rotatable bonds is 7. The molecule has 0 bridgehead atoms. The summed E-state index contributed by atoms with van der Waals surface area (Å²) in [6, 6.07) is 14.4. The zero-order valence-electron chi connectivity index (χ0n) is 18.2. The van der Waals surface area contributed by atoms with Gasteiger partial charge in [0.15, 0.2) is 0 Å². The number of hydrogen-bond acceptors (Lipinski definition) is 5. The number of aliphatic carboxylic acids is 1. The molecule has 166 valence electrons. The lowest BCUT2D eigenvalue weighted by Gasteiger charge is -2.27. The molecule has 31 heavy (non-hydrogen) atoms. The Bertz CT molecular complexity index is 890. The van der Waals surface area contributed by atoms with Crippen LogP contribution in [0.15, 0.2) is 59.7 Å². The summed E-state index contributed by atoms with van der Waals surface area (Å²) in [6.07, 6.45) is 1.99. The van der Waals surface area contributed by atoms with Crippen molar-refractivity contribution >= 4 is 5.97 Å². The third kappa shape index (κ3) is 6.09. The molecular formula is C25H30O6. The van der Waals surface area contributed by atoms with Crippen molar-refractivity contribution in [3.8, 4) is 11.5 Å². The molecule has 4 rings (SSSR count). The number of aromatic hydroxyl groups is 2. The molecule has 2 heterocycles. The molecule has 2 atom stereocenters. The number of ether oxygens (including phenoxy) is 2. The first-order valence-electron chi connectivity index (χ1n) is 10.4. The quantitative estimate of drug-likeness (QED) is 0.448. The van der Waals surface area contributed by atoms with Gasteiger partial charge in [-0.1, -0.05) is 55.8 Å². The molecule has 2 aromatic carbocycles. The van der Waals surface area contributed by atoms with Crippen LogP contribution in [0, 0.1) is 0 Å². The molecule has 2 fully saturated rings. The smallest absolute Gasteiger partial charge is 0.331 e. The minimum atomic E-state index is -0.832. The molecule has 2 saturated heterocycles. The zero-order valence-corrected chi connectivity index (χ0v) is 18.2. The molecule has 2 aromatic rings. The lowest BCUT2D eigenvalue weighted by molar-refractivity contribution is -0.132.